The van der Waals surface area contributed by atoms with Crippen molar-refractivity contribution >= 4 is 24.6 Å². The second kappa shape index (κ2) is 3.48. The number of hydrogen-bond acceptors (Lipinski definition) is 4. The van der Waals surface area contributed by atoms with Crippen molar-refractivity contribution < 1.29 is 14.7 Å². The second-order valence-corrected chi connectivity index (χ2v) is 3.54. The summed E-state index contributed by atoms with van der Waals surface area (Å²) in [5.74, 6) is 0. The Labute approximate surface area is 95.9 Å². The van der Waals surface area contributed by atoms with Crippen LogP contribution in [0, 0.1) is 0 Å². The number of fused-ring (bicyclic) bond motifs is 3. The van der Waals surface area contributed by atoms with Crippen molar-refractivity contribution in [3.63, 3.8) is 0 Å². The Morgan fingerprint density at radius 1 is 1.47 bits per heavy atom. The smallest absolute Gasteiger partial charge is 0.411 e. The molecule has 7 heteroatoms. The van der Waals surface area contributed by atoms with E-state index in [0.29, 0.717) is 0 Å². The van der Waals surface area contributed by atoms with Gasteiger partial charge in [0.25, 0.3) is 0 Å². The predicted molar refractivity (Wildman–Crippen MR) is 58.8 cm³/mol. The number of rotatable bonds is 0. The molecule has 7 nitrogen and oxygen atoms in total. The first-order valence-corrected chi connectivity index (χ1v) is 4.91. The Morgan fingerprint density at radius 2 is 2.35 bits per heavy atom. The highest BCUT2D eigenvalue weighted by atomic mass is 16.6. The molecule has 3 rings (SSSR count). The minimum atomic E-state index is -0.996. The van der Waals surface area contributed by atoms with E-state index in [1.807, 2.05) is 0 Å². The molecule has 0 aromatic carbocycles. The molecule has 17 heavy (non-hydrogen) atoms. The number of nitrogens with zero attached hydrogens (tertiary/aromatic N) is 4. The summed E-state index contributed by atoms with van der Waals surface area (Å²) in [6.07, 6.45) is 6.71. The number of hydrogen-bond donors (Lipinski definition) is 1. The van der Waals surface area contributed by atoms with E-state index in [4.69, 9.17) is 9.94 Å². The lowest BCUT2D eigenvalue weighted by Crippen LogP contribution is -2.25. The van der Waals surface area contributed by atoms with Gasteiger partial charge in [0.1, 0.15) is 6.26 Å². The van der Waals surface area contributed by atoms with E-state index in [1.54, 1.807) is 17.0 Å². The topological polar surface area (TPSA) is 80.0 Å². The van der Waals surface area contributed by atoms with E-state index >= 15 is 0 Å². The summed E-state index contributed by atoms with van der Waals surface area (Å²) < 4.78 is 1.61. The third kappa shape index (κ3) is 1.48. The van der Waals surface area contributed by atoms with E-state index in [1.165, 1.54) is 23.6 Å². The standard InChI is InChI=1S/C10H8N4O3/c15-10(16)13-2-1-8-7(6-13)9-5-11-17-4-3-14(9)12-8/h1-5H,6H2,(H,15,16). The maximum atomic E-state index is 10.9. The van der Waals surface area contributed by atoms with Crippen LogP contribution in [0.1, 0.15) is 17.0 Å². The van der Waals surface area contributed by atoms with Crippen LogP contribution in [0.2, 0.25) is 0 Å². The summed E-state index contributed by atoms with van der Waals surface area (Å²) in [6.45, 7) is 0.260. The van der Waals surface area contributed by atoms with Gasteiger partial charge in [-0.1, -0.05) is 5.16 Å². The highest BCUT2D eigenvalue weighted by Gasteiger charge is 2.23. The zero-order valence-corrected chi connectivity index (χ0v) is 8.65. The third-order valence-corrected chi connectivity index (χ3v) is 2.57. The first-order valence-electron chi connectivity index (χ1n) is 4.91. The molecular formula is C10H8N4O3. The molecule has 1 amide bonds. The van der Waals surface area contributed by atoms with Gasteiger partial charge in [-0.15, -0.1) is 0 Å². The molecule has 86 valence electrons. The van der Waals surface area contributed by atoms with Gasteiger partial charge in [0, 0.05) is 11.8 Å². The predicted octanol–water partition coefficient (Wildman–Crippen LogP) is 1.14. The second-order valence-electron chi connectivity index (χ2n) is 3.54. The minimum Gasteiger partial charge on any atom is -0.465 e. The van der Waals surface area contributed by atoms with Crippen molar-refractivity contribution in [2.45, 2.75) is 6.54 Å². The molecule has 0 unspecified atom stereocenters. The van der Waals surface area contributed by atoms with E-state index in [9.17, 15) is 4.79 Å². The fourth-order valence-corrected chi connectivity index (χ4v) is 1.76. The van der Waals surface area contributed by atoms with Gasteiger partial charge in [0.2, 0.25) is 0 Å². The fourth-order valence-electron chi connectivity index (χ4n) is 1.76. The van der Waals surface area contributed by atoms with Gasteiger partial charge in [-0.05, 0) is 6.08 Å². The van der Waals surface area contributed by atoms with Gasteiger partial charge in [0.15, 0.2) is 0 Å². The lowest BCUT2D eigenvalue weighted by Gasteiger charge is -2.17. The highest BCUT2D eigenvalue weighted by Crippen LogP contribution is 2.23. The molecule has 0 saturated heterocycles. The van der Waals surface area contributed by atoms with Crippen molar-refractivity contribution in [2.75, 3.05) is 0 Å². The Morgan fingerprint density at radius 3 is 3.18 bits per heavy atom. The Balaban J connectivity index is 2.09. The molecule has 0 atom stereocenters. The summed E-state index contributed by atoms with van der Waals surface area (Å²) >= 11 is 0. The number of carbonyl (C=O) groups is 1. The SMILES string of the molecule is O=C(O)N1C=Cc2nn3c(c2C1)C=NOC=C3. The summed E-state index contributed by atoms with van der Waals surface area (Å²) in [7, 11) is 0. The molecule has 0 radical (unpaired) electrons. The lowest BCUT2D eigenvalue weighted by atomic mass is 10.1. The average molecular weight is 232 g/mol. The van der Waals surface area contributed by atoms with E-state index in [-0.39, 0.29) is 6.54 Å². The van der Waals surface area contributed by atoms with Gasteiger partial charge in [-0.3, -0.25) is 4.90 Å². The van der Waals surface area contributed by atoms with Crippen LogP contribution < -0.4 is 0 Å². The van der Waals surface area contributed by atoms with Crippen LogP contribution in [-0.4, -0.2) is 32.1 Å². The maximum absolute atomic E-state index is 10.9. The van der Waals surface area contributed by atoms with E-state index < -0.39 is 6.09 Å². The molecule has 3 heterocycles. The van der Waals surface area contributed by atoms with Crippen molar-refractivity contribution in [3.8, 4) is 0 Å². The minimum absolute atomic E-state index is 0.260. The Hall–Kier alpha value is -2.57. The van der Waals surface area contributed by atoms with Crippen molar-refractivity contribution in [2.24, 2.45) is 5.16 Å². The van der Waals surface area contributed by atoms with Crippen LogP contribution in [0.4, 0.5) is 4.79 Å². The van der Waals surface area contributed by atoms with Gasteiger partial charge >= 0.3 is 6.09 Å². The van der Waals surface area contributed by atoms with Gasteiger partial charge in [0.05, 0.1) is 30.3 Å². The van der Waals surface area contributed by atoms with Crippen LogP contribution in [0.15, 0.2) is 17.6 Å². The molecule has 0 spiro atoms. The van der Waals surface area contributed by atoms with E-state index in [2.05, 4.69) is 10.3 Å². The number of amides is 1. The molecule has 1 aromatic heterocycles. The summed E-state index contributed by atoms with van der Waals surface area (Å²) in [5, 5.41) is 16.9. The Kier molecular flexibility index (Phi) is 1.97. The summed E-state index contributed by atoms with van der Waals surface area (Å²) in [4.78, 5) is 16.9. The molecule has 2 aliphatic rings. The first kappa shape index (κ1) is 9.64. The van der Waals surface area contributed by atoms with Gasteiger partial charge in [-0.25, -0.2) is 9.48 Å². The number of carboxylic acid groups (broad SMARTS) is 1. The van der Waals surface area contributed by atoms with Crippen molar-refractivity contribution in [3.05, 3.63) is 29.4 Å². The van der Waals surface area contributed by atoms with Crippen LogP contribution in [0.5, 0.6) is 0 Å². The normalized spacial score (nSPS) is 16.1. The largest absolute Gasteiger partial charge is 0.465 e. The summed E-state index contributed by atoms with van der Waals surface area (Å²) in [6, 6.07) is 0. The molecule has 2 aliphatic heterocycles. The third-order valence-electron chi connectivity index (χ3n) is 2.57. The number of aromatic nitrogens is 2. The molecule has 0 aliphatic carbocycles. The van der Waals surface area contributed by atoms with Crippen LogP contribution in [0.3, 0.4) is 0 Å². The molecule has 0 saturated carbocycles. The molecule has 0 fully saturated rings. The quantitative estimate of drug-likeness (QED) is 0.727. The van der Waals surface area contributed by atoms with Crippen LogP contribution >= 0.6 is 0 Å². The Bertz CT molecular complexity index is 570. The monoisotopic (exact) mass is 232 g/mol. The van der Waals surface area contributed by atoms with Gasteiger partial charge < -0.3 is 9.94 Å². The molecular weight excluding hydrogens is 224 g/mol. The molecule has 1 N–H and O–H groups in total. The van der Waals surface area contributed by atoms with Crippen molar-refractivity contribution in [1.29, 1.82) is 0 Å². The van der Waals surface area contributed by atoms with Gasteiger partial charge in [-0.2, -0.15) is 5.10 Å². The van der Waals surface area contributed by atoms with Crippen molar-refractivity contribution in [1.82, 2.24) is 14.7 Å². The lowest BCUT2D eigenvalue weighted by molar-refractivity contribution is 0.161. The highest BCUT2D eigenvalue weighted by molar-refractivity contribution is 5.83. The first-order chi connectivity index (χ1) is 8.25. The zero-order valence-electron chi connectivity index (χ0n) is 8.65. The summed E-state index contributed by atoms with van der Waals surface area (Å²) in [5.41, 5.74) is 2.29. The van der Waals surface area contributed by atoms with Crippen LogP contribution in [-0.2, 0) is 11.4 Å². The molecule has 1 aromatic rings. The average Bonchev–Trinajstić information content (AvgIpc) is 2.51. The number of oxime groups is 1. The van der Waals surface area contributed by atoms with E-state index in [0.717, 1.165) is 17.0 Å². The molecule has 0 bridgehead atoms. The zero-order chi connectivity index (χ0) is 11.8. The fraction of sp³-hybridized carbons (Fsp3) is 0.100. The van der Waals surface area contributed by atoms with Crippen LogP contribution in [0.25, 0.3) is 12.3 Å². The maximum Gasteiger partial charge on any atom is 0.411 e.